The Morgan fingerprint density at radius 2 is 1.96 bits per heavy atom. The Kier molecular flexibility index (Phi) is 5.18. The van der Waals surface area contributed by atoms with Crippen molar-refractivity contribution in [2.75, 3.05) is 6.54 Å². The van der Waals surface area contributed by atoms with Gasteiger partial charge in [0.2, 0.25) is 11.8 Å². The van der Waals surface area contributed by atoms with Crippen LogP contribution in [-0.4, -0.2) is 29.2 Å². The van der Waals surface area contributed by atoms with Crippen molar-refractivity contribution in [2.45, 2.75) is 13.0 Å². The molecule has 1 atom stereocenters. The average molecular weight is 406 g/mol. The second-order valence-electron chi connectivity index (χ2n) is 5.70. The molecule has 8 heteroatoms. The molecule has 1 aromatic heterocycles. The first-order chi connectivity index (χ1) is 12.0. The Hall–Kier alpha value is -2.61. The average Bonchev–Trinajstić information content (AvgIpc) is 3.24. The van der Waals surface area contributed by atoms with Crippen molar-refractivity contribution in [3.63, 3.8) is 0 Å². The number of carbonyl (C=O) groups excluding carboxylic acids is 3. The second-order valence-corrected chi connectivity index (χ2v) is 6.62. The van der Waals surface area contributed by atoms with Gasteiger partial charge in [-0.15, -0.1) is 0 Å². The molecule has 2 heterocycles. The molecule has 1 aromatic carbocycles. The molecule has 0 radical (unpaired) electrons. The van der Waals surface area contributed by atoms with Gasteiger partial charge in [0.1, 0.15) is 5.76 Å². The molecule has 1 unspecified atom stereocenters. The highest BCUT2D eigenvalue weighted by molar-refractivity contribution is 9.10. The summed E-state index contributed by atoms with van der Waals surface area (Å²) >= 11 is 3.29. The Bertz CT molecular complexity index is 774. The van der Waals surface area contributed by atoms with Crippen LogP contribution >= 0.6 is 15.9 Å². The van der Waals surface area contributed by atoms with E-state index < -0.39 is 11.8 Å². The molecule has 3 amide bonds. The lowest BCUT2D eigenvalue weighted by molar-refractivity contribution is -0.129. The Balaban J connectivity index is 1.51. The zero-order chi connectivity index (χ0) is 17.8. The topological polar surface area (TPSA) is 91.7 Å². The first-order valence-electron chi connectivity index (χ1n) is 7.69. The fourth-order valence-corrected chi connectivity index (χ4v) is 2.85. The van der Waals surface area contributed by atoms with Gasteiger partial charge in [-0.2, -0.15) is 0 Å². The second kappa shape index (κ2) is 7.52. The van der Waals surface area contributed by atoms with E-state index in [4.69, 9.17) is 4.42 Å². The molecule has 1 aliphatic rings. The number of furan rings is 1. The molecule has 0 aliphatic carbocycles. The van der Waals surface area contributed by atoms with Crippen LogP contribution in [0.1, 0.15) is 22.5 Å². The van der Waals surface area contributed by atoms with Crippen molar-refractivity contribution in [1.29, 1.82) is 0 Å². The number of rotatable bonds is 4. The predicted molar refractivity (Wildman–Crippen MR) is 92.0 cm³/mol. The van der Waals surface area contributed by atoms with Gasteiger partial charge in [0.25, 0.3) is 5.91 Å². The Labute approximate surface area is 152 Å². The molecule has 1 fully saturated rings. The zero-order valence-electron chi connectivity index (χ0n) is 13.2. The molecule has 1 aliphatic heterocycles. The summed E-state index contributed by atoms with van der Waals surface area (Å²) < 4.78 is 6.08. The molecule has 1 saturated heterocycles. The van der Waals surface area contributed by atoms with E-state index in [1.807, 2.05) is 0 Å². The van der Waals surface area contributed by atoms with Gasteiger partial charge in [0, 0.05) is 23.0 Å². The lowest BCUT2D eigenvalue weighted by Gasteiger charge is -2.15. The summed E-state index contributed by atoms with van der Waals surface area (Å²) in [7, 11) is 0. The van der Waals surface area contributed by atoms with Gasteiger partial charge in [-0.25, -0.2) is 0 Å². The van der Waals surface area contributed by atoms with Crippen molar-refractivity contribution < 1.29 is 18.8 Å². The number of likely N-dealkylation sites (tertiary alicyclic amines) is 1. The van der Waals surface area contributed by atoms with Gasteiger partial charge in [-0.1, -0.05) is 15.9 Å². The smallest absolute Gasteiger partial charge is 0.269 e. The van der Waals surface area contributed by atoms with Crippen molar-refractivity contribution >= 4 is 33.7 Å². The predicted octanol–water partition coefficient (Wildman–Crippen LogP) is 1.85. The Morgan fingerprint density at radius 3 is 2.64 bits per heavy atom. The van der Waals surface area contributed by atoms with E-state index in [-0.39, 0.29) is 18.2 Å². The monoisotopic (exact) mass is 405 g/mol. The van der Waals surface area contributed by atoms with Crippen LogP contribution in [0.5, 0.6) is 0 Å². The SMILES string of the molecule is O=C(NNC(=O)C1CC(=O)N(Cc2ccco2)C1)c1ccc(Br)cc1. The number of nitrogens with zero attached hydrogens (tertiary/aromatic N) is 1. The van der Waals surface area contributed by atoms with E-state index in [2.05, 4.69) is 26.8 Å². The summed E-state index contributed by atoms with van der Waals surface area (Å²) in [5.41, 5.74) is 5.17. The molecule has 0 bridgehead atoms. The van der Waals surface area contributed by atoms with Crippen LogP contribution in [0.3, 0.4) is 0 Å². The third-order valence-corrected chi connectivity index (χ3v) is 4.45. The molecule has 0 saturated carbocycles. The number of hydrogen-bond acceptors (Lipinski definition) is 4. The molecule has 7 nitrogen and oxygen atoms in total. The van der Waals surface area contributed by atoms with Gasteiger partial charge < -0.3 is 9.32 Å². The van der Waals surface area contributed by atoms with E-state index in [1.54, 1.807) is 41.3 Å². The number of hydrogen-bond donors (Lipinski definition) is 2. The van der Waals surface area contributed by atoms with E-state index in [1.165, 1.54) is 6.26 Å². The lowest BCUT2D eigenvalue weighted by Crippen LogP contribution is -2.45. The highest BCUT2D eigenvalue weighted by atomic mass is 79.9. The highest BCUT2D eigenvalue weighted by Crippen LogP contribution is 2.20. The minimum absolute atomic E-state index is 0.112. The van der Waals surface area contributed by atoms with Gasteiger partial charge in [-0.05, 0) is 36.4 Å². The number of hydrazine groups is 1. The van der Waals surface area contributed by atoms with Gasteiger partial charge >= 0.3 is 0 Å². The van der Waals surface area contributed by atoms with E-state index in [9.17, 15) is 14.4 Å². The molecule has 2 aromatic rings. The first-order valence-corrected chi connectivity index (χ1v) is 8.48. The number of nitrogens with one attached hydrogen (secondary N) is 2. The van der Waals surface area contributed by atoms with Crippen LogP contribution in [-0.2, 0) is 16.1 Å². The maximum Gasteiger partial charge on any atom is 0.269 e. The van der Waals surface area contributed by atoms with Crippen LogP contribution in [0.4, 0.5) is 0 Å². The van der Waals surface area contributed by atoms with Gasteiger partial charge in [-0.3, -0.25) is 25.2 Å². The van der Waals surface area contributed by atoms with Gasteiger partial charge in [0.05, 0.1) is 18.7 Å². The highest BCUT2D eigenvalue weighted by Gasteiger charge is 2.34. The van der Waals surface area contributed by atoms with Crippen molar-refractivity contribution in [1.82, 2.24) is 15.8 Å². The standard InChI is InChI=1S/C17H16BrN3O4/c18-13-5-3-11(4-6-13)16(23)19-20-17(24)12-8-15(22)21(9-12)10-14-2-1-7-25-14/h1-7,12H,8-10H2,(H,19,23)(H,20,24). The van der Waals surface area contributed by atoms with Crippen LogP contribution in [0, 0.1) is 5.92 Å². The van der Waals surface area contributed by atoms with Crippen LogP contribution in [0.15, 0.2) is 51.6 Å². The number of benzene rings is 1. The van der Waals surface area contributed by atoms with Gasteiger partial charge in [0.15, 0.2) is 0 Å². The fourth-order valence-electron chi connectivity index (χ4n) is 2.59. The maximum absolute atomic E-state index is 12.2. The number of carbonyl (C=O) groups is 3. The van der Waals surface area contributed by atoms with E-state index in [0.717, 1.165) is 4.47 Å². The summed E-state index contributed by atoms with van der Waals surface area (Å²) in [5, 5.41) is 0. The van der Waals surface area contributed by atoms with Crippen molar-refractivity contribution in [3.05, 3.63) is 58.5 Å². The lowest BCUT2D eigenvalue weighted by atomic mass is 10.1. The largest absolute Gasteiger partial charge is 0.467 e. The molecule has 3 rings (SSSR count). The van der Waals surface area contributed by atoms with Crippen LogP contribution in [0.2, 0.25) is 0 Å². The fraction of sp³-hybridized carbons (Fsp3) is 0.235. The Morgan fingerprint density at radius 1 is 1.20 bits per heavy atom. The van der Waals surface area contributed by atoms with E-state index >= 15 is 0 Å². The molecule has 2 N–H and O–H groups in total. The number of amides is 3. The molecule has 0 spiro atoms. The van der Waals surface area contributed by atoms with Crippen molar-refractivity contribution in [2.24, 2.45) is 5.92 Å². The minimum Gasteiger partial charge on any atom is -0.467 e. The zero-order valence-corrected chi connectivity index (χ0v) is 14.8. The van der Waals surface area contributed by atoms with E-state index in [0.29, 0.717) is 24.4 Å². The van der Waals surface area contributed by atoms with Crippen LogP contribution in [0.25, 0.3) is 0 Å². The van der Waals surface area contributed by atoms with Crippen molar-refractivity contribution in [3.8, 4) is 0 Å². The summed E-state index contributed by atoms with van der Waals surface area (Å²) in [5.74, 6) is -0.764. The normalized spacial score (nSPS) is 16.8. The quantitative estimate of drug-likeness (QED) is 0.759. The summed E-state index contributed by atoms with van der Waals surface area (Å²) in [6.07, 6.45) is 1.65. The summed E-state index contributed by atoms with van der Waals surface area (Å²) in [4.78, 5) is 37.8. The number of halogens is 1. The van der Waals surface area contributed by atoms with Crippen LogP contribution < -0.4 is 10.9 Å². The molecular formula is C17H16BrN3O4. The maximum atomic E-state index is 12.2. The minimum atomic E-state index is -0.507. The molecule has 130 valence electrons. The third-order valence-electron chi connectivity index (χ3n) is 3.92. The summed E-state index contributed by atoms with van der Waals surface area (Å²) in [6.45, 7) is 0.625. The summed E-state index contributed by atoms with van der Waals surface area (Å²) in [6, 6.07) is 10.3. The molecular weight excluding hydrogens is 390 g/mol. The molecule has 25 heavy (non-hydrogen) atoms. The first kappa shape index (κ1) is 17.2. The third kappa shape index (κ3) is 4.27.